The van der Waals surface area contributed by atoms with Gasteiger partial charge in [0.2, 0.25) is 0 Å². The average molecular weight is 159 g/mol. The first-order valence-corrected chi connectivity index (χ1v) is 3.72. The predicted molar refractivity (Wildman–Crippen MR) is 38.9 cm³/mol. The molecule has 0 N–H and O–H groups in total. The van der Waals surface area contributed by atoms with Crippen LogP contribution in [-0.4, -0.2) is 31.4 Å². The zero-order valence-corrected chi connectivity index (χ0v) is 6.87. The number of rotatable bonds is 2. The first-order valence-electron chi connectivity index (χ1n) is 3.72. The maximum atomic E-state index is 11.0. The Bertz CT molecular complexity index is 145. The molecule has 0 aliphatic heterocycles. The van der Waals surface area contributed by atoms with Crippen LogP contribution < -0.4 is 0 Å². The molecule has 0 aromatic rings. The molecule has 1 fully saturated rings. The van der Waals surface area contributed by atoms with Crippen molar-refractivity contribution in [3.63, 3.8) is 0 Å². The van der Waals surface area contributed by atoms with Gasteiger partial charge in [-0.1, -0.05) is 0 Å². The van der Waals surface area contributed by atoms with Gasteiger partial charge in [0.05, 0.1) is 7.11 Å². The van der Waals surface area contributed by atoms with E-state index < -0.39 is 6.09 Å². The fourth-order valence-electron chi connectivity index (χ4n) is 0.780. The molecule has 1 aliphatic carbocycles. The van der Waals surface area contributed by atoms with Gasteiger partial charge in [-0.15, -0.1) is 0 Å². The quantitative estimate of drug-likeness (QED) is 0.568. The van der Waals surface area contributed by atoms with Gasteiger partial charge in [0.1, 0.15) is 6.10 Å². The molecule has 4 nitrogen and oxygen atoms in total. The zero-order chi connectivity index (χ0) is 8.27. The fourth-order valence-corrected chi connectivity index (χ4v) is 0.780. The van der Waals surface area contributed by atoms with Crippen LogP contribution in [0.5, 0.6) is 0 Å². The first kappa shape index (κ1) is 8.33. The van der Waals surface area contributed by atoms with Gasteiger partial charge in [-0.3, -0.25) is 4.84 Å². The molecule has 0 atom stereocenters. The Morgan fingerprint density at radius 2 is 2.18 bits per heavy atom. The van der Waals surface area contributed by atoms with E-state index in [1.54, 1.807) is 0 Å². The highest BCUT2D eigenvalue weighted by Gasteiger charge is 2.23. The Labute approximate surface area is 66.0 Å². The highest BCUT2D eigenvalue weighted by atomic mass is 16.7. The standard InChI is InChI=1S/C7H13NO3/c1-8(10-2)7(9)11-6-4-3-5-6/h6H,3-5H2,1-2H3. The van der Waals surface area contributed by atoms with Crippen molar-refractivity contribution in [2.75, 3.05) is 14.2 Å². The van der Waals surface area contributed by atoms with Crippen LogP contribution in [0.15, 0.2) is 0 Å². The van der Waals surface area contributed by atoms with Crippen LogP contribution in [0.25, 0.3) is 0 Å². The number of amides is 1. The summed E-state index contributed by atoms with van der Waals surface area (Å²) in [5.74, 6) is 0. The lowest BCUT2D eigenvalue weighted by Gasteiger charge is -2.26. The summed E-state index contributed by atoms with van der Waals surface area (Å²) in [6.07, 6.45) is 2.86. The maximum absolute atomic E-state index is 11.0. The van der Waals surface area contributed by atoms with Gasteiger partial charge < -0.3 is 4.74 Å². The maximum Gasteiger partial charge on any atom is 0.433 e. The predicted octanol–water partition coefficient (Wildman–Crippen LogP) is 1.17. The highest BCUT2D eigenvalue weighted by molar-refractivity contribution is 5.66. The van der Waals surface area contributed by atoms with Crippen molar-refractivity contribution in [3.05, 3.63) is 0 Å². The summed E-state index contributed by atoms with van der Waals surface area (Å²) in [6.45, 7) is 0. The number of hydrogen-bond acceptors (Lipinski definition) is 3. The molecular weight excluding hydrogens is 146 g/mol. The number of carbonyl (C=O) groups excluding carboxylic acids is 1. The first-order chi connectivity index (χ1) is 5.24. The minimum Gasteiger partial charge on any atom is -0.445 e. The second-order valence-electron chi connectivity index (χ2n) is 2.62. The van der Waals surface area contributed by atoms with Crippen molar-refractivity contribution < 1.29 is 14.4 Å². The molecule has 0 unspecified atom stereocenters. The number of hydroxylamine groups is 2. The third kappa shape index (κ3) is 2.08. The number of ether oxygens (including phenoxy) is 1. The topological polar surface area (TPSA) is 38.8 Å². The van der Waals surface area contributed by atoms with E-state index in [-0.39, 0.29) is 6.10 Å². The number of carbonyl (C=O) groups is 1. The Hall–Kier alpha value is -0.770. The molecule has 1 saturated carbocycles. The van der Waals surface area contributed by atoms with Crippen LogP contribution >= 0.6 is 0 Å². The summed E-state index contributed by atoms with van der Waals surface area (Å²) < 4.78 is 5.00. The van der Waals surface area contributed by atoms with Crippen molar-refractivity contribution >= 4 is 6.09 Å². The normalized spacial score (nSPS) is 17.3. The van der Waals surface area contributed by atoms with Crippen LogP contribution in [0.1, 0.15) is 19.3 Å². The number of nitrogens with zero attached hydrogens (tertiary/aromatic N) is 1. The second-order valence-corrected chi connectivity index (χ2v) is 2.62. The Balaban J connectivity index is 2.19. The Morgan fingerprint density at radius 1 is 1.55 bits per heavy atom. The van der Waals surface area contributed by atoms with Crippen molar-refractivity contribution in [2.45, 2.75) is 25.4 Å². The van der Waals surface area contributed by atoms with E-state index in [1.165, 1.54) is 14.2 Å². The van der Waals surface area contributed by atoms with Crippen molar-refractivity contribution in [1.82, 2.24) is 5.06 Å². The monoisotopic (exact) mass is 159 g/mol. The number of hydrogen-bond donors (Lipinski definition) is 0. The van der Waals surface area contributed by atoms with Gasteiger partial charge in [0.15, 0.2) is 0 Å². The summed E-state index contributed by atoms with van der Waals surface area (Å²) in [5.41, 5.74) is 0. The van der Waals surface area contributed by atoms with E-state index in [2.05, 4.69) is 4.84 Å². The molecule has 0 aromatic heterocycles. The minimum atomic E-state index is -0.405. The third-order valence-electron chi connectivity index (χ3n) is 1.85. The molecule has 0 spiro atoms. The molecule has 1 amide bonds. The lowest BCUT2D eigenvalue weighted by Crippen LogP contribution is -2.33. The van der Waals surface area contributed by atoms with Gasteiger partial charge in [0, 0.05) is 7.05 Å². The van der Waals surface area contributed by atoms with E-state index >= 15 is 0 Å². The van der Waals surface area contributed by atoms with Gasteiger partial charge in [-0.05, 0) is 19.3 Å². The van der Waals surface area contributed by atoms with Crippen LogP contribution in [0, 0.1) is 0 Å². The molecule has 0 aromatic carbocycles. The largest absolute Gasteiger partial charge is 0.445 e. The van der Waals surface area contributed by atoms with Crippen LogP contribution in [0.4, 0.5) is 4.79 Å². The Kier molecular flexibility index (Phi) is 2.70. The van der Waals surface area contributed by atoms with Gasteiger partial charge >= 0.3 is 6.09 Å². The van der Waals surface area contributed by atoms with Crippen LogP contribution in [-0.2, 0) is 9.57 Å². The van der Waals surface area contributed by atoms with E-state index in [4.69, 9.17) is 4.74 Å². The summed E-state index contributed by atoms with van der Waals surface area (Å²) in [6, 6.07) is 0. The van der Waals surface area contributed by atoms with Gasteiger partial charge in [-0.2, -0.15) is 5.06 Å². The molecule has 0 heterocycles. The molecule has 0 saturated heterocycles. The minimum absolute atomic E-state index is 0.125. The summed E-state index contributed by atoms with van der Waals surface area (Å²) in [7, 11) is 2.96. The summed E-state index contributed by atoms with van der Waals surface area (Å²) >= 11 is 0. The zero-order valence-electron chi connectivity index (χ0n) is 6.87. The van der Waals surface area contributed by atoms with Gasteiger partial charge in [-0.25, -0.2) is 4.79 Å². The van der Waals surface area contributed by atoms with Crippen molar-refractivity contribution in [2.24, 2.45) is 0 Å². The van der Waals surface area contributed by atoms with Gasteiger partial charge in [0.25, 0.3) is 0 Å². The fraction of sp³-hybridized carbons (Fsp3) is 0.857. The molecule has 1 rings (SSSR count). The summed E-state index contributed by atoms with van der Waals surface area (Å²) in [5, 5.41) is 1.08. The molecular formula is C7H13NO3. The molecule has 64 valence electrons. The van der Waals surface area contributed by atoms with E-state index in [0.29, 0.717) is 0 Å². The van der Waals surface area contributed by atoms with E-state index in [0.717, 1.165) is 24.3 Å². The average Bonchev–Trinajstić information content (AvgIpc) is 1.94. The molecule has 11 heavy (non-hydrogen) atoms. The summed E-state index contributed by atoms with van der Waals surface area (Å²) in [4.78, 5) is 15.6. The van der Waals surface area contributed by atoms with E-state index in [9.17, 15) is 4.79 Å². The highest BCUT2D eigenvalue weighted by Crippen LogP contribution is 2.22. The molecule has 1 aliphatic rings. The molecule has 0 radical (unpaired) electrons. The lowest BCUT2D eigenvalue weighted by molar-refractivity contribution is -0.104. The van der Waals surface area contributed by atoms with Crippen molar-refractivity contribution in [3.8, 4) is 0 Å². The smallest absolute Gasteiger partial charge is 0.433 e. The van der Waals surface area contributed by atoms with E-state index in [1.807, 2.05) is 0 Å². The third-order valence-corrected chi connectivity index (χ3v) is 1.85. The second kappa shape index (κ2) is 3.57. The Morgan fingerprint density at radius 3 is 2.55 bits per heavy atom. The van der Waals surface area contributed by atoms with Crippen molar-refractivity contribution in [1.29, 1.82) is 0 Å². The molecule has 4 heteroatoms. The van der Waals surface area contributed by atoms with Crippen LogP contribution in [0.2, 0.25) is 0 Å². The lowest BCUT2D eigenvalue weighted by atomic mass is 9.96. The molecule has 0 bridgehead atoms. The van der Waals surface area contributed by atoms with Crippen LogP contribution in [0.3, 0.4) is 0 Å². The SMILES string of the molecule is CON(C)C(=O)OC1CCC1.